The monoisotopic (exact) mass is 699 g/mol. The number of methoxy groups -OCH3 is 1. The number of carbonyl (C=O) groups is 2. The van der Waals surface area contributed by atoms with Crippen LogP contribution in [0, 0.1) is 0 Å². The van der Waals surface area contributed by atoms with E-state index in [9.17, 15) is 9.59 Å². The maximum absolute atomic E-state index is 13.4. The molecule has 13 heteroatoms. The predicted molar refractivity (Wildman–Crippen MR) is 193 cm³/mol. The lowest BCUT2D eigenvalue weighted by atomic mass is 9.87. The highest BCUT2D eigenvalue weighted by atomic mass is 16.6. The number of esters is 1. The van der Waals surface area contributed by atoms with Gasteiger partial charge in [0, 0.05) is 49.0 Å². The van der Waals surface area contributed by atoms with Gasteiger partial charge in [-0.3, -0.25) is 14.9 Å². The van der Waals surface area contributed by atoms with Crippen LogP contribution in [0.15, 0.2) is 73.1 Å². The van der Waals surface area contributed by atoms with E-state index in [0.29, 0.717) is 37.8 Å². The van der Waals surface area contributed by atoms with Crippen LogP contribution < -0.4 is 20.7 Å². The van der Waals surface area contributed by atoms with E-state index in [2.05, 4.69) is 35.9 Å². The molecular weight excluding hydrogens is 650 g/mol. The van der Waals surface area contributed by atoms with Gasteiger partial charge in [-0.1, -0.05) is 18.2 Å². The van der Waals surface area contributed by atoms with Gasteiger partial charge in [0.05, 0.1) is 25.3 Å². The van der Waals surface area contributed by atoms with Gasteiger partial charge in [0.25, 0.3) is 5.91 Å². The molecule has 4 aromatic rings. The summed E-state index contributed by atoms with van der Waals surface area (Å²) in [6, 6.07) is 19.0. The van der Waals surface area contributed by atoms with Crippen LogP contribution in [-0.2, 0) is 24.5 Å². The smallest absolute Gasteiger partial charge is 0.331 e. The molecule has 13 nitrogen and oxygen atoms in total. The molecule has 2 aromatic carbocycles. The minimum atomic E-state index is -0.468. The van der Waals surface area contributed by atoms with Crippen LogP contribution in [-0.4, -0.2) is 85.3 Å². The van der Waals surface area contributed by atoms with Crippen LogP contribution in [0.2, 0.25) is 0 Å². The lowest BCUT2D eigenvalue weighted by Crippen LogP contribution is -2.46. The van der Waals surface area contributed by atoms with Crippen LogP contribution >= 0.6 is 0 Å². The van der Waals surface area contributed by atoms with E-state index < -0.39 is 5.54 Å². The third kappa shape index (κ3) is 11.3. The van der Waals surface area contributed by atoms with Gasteiger partial charge in [-0.2, -0.15) is 5.10 Å². The van der Waals surface area contributed by atoms with Gasteiger partial charge in [-0.15, -0.1) is 0 Å². The van der Waals surface area contributed by atoms with Crippen molar-refractivity contribution >= 4 is 17.6 Å². The summed E-state index contributed by atoms with van der Waals surface area (Å²) in [4.78, 5) is 33.4. The molecular formula is C38H49N7O6. The number of ether oxygens (including phenoxy) is 4. The molecule has 1 aliphatic heterocycles. The van der Waals surface area contributed by atoms with E-state index in [-0.39, 0.29) is 24.5 Å². The van der Waals surface area contributed by atoms with Crippen molar-refractivity contribution in [1.82, 2.24) is 30.8 Å². The molecule has 1 unspecified atom stereocenters. The van der Waals surface area contributed by atoms with Gasteiger partial charge < -0.3 is 34.9 Å². The lowest BCUT2D eigenvalue weighted by Gasteiger charge is -2.37. The molecule has 3 heterocycles. The second kappa shape index (κ2) is 19.5. The summed E-state index contributed by atoms with van der Waals surface area (Å²) in [6.45, 7) is 5.94. The molecule has 0 radical (unpaired) electrons. The summed E-state index contributed by atoms with van der Waals surface area (Å²) >= 11 is 0. The molecule has 1 fully saturated rings. The molecule has 0 aliphatic carbocycles. The topological polar surface area (TPSA) is 162 Å². The first kappa shape index (κ1) is 37.4. The molecule has 1 aliphatic rings. The fraction of sp³-hybridized carbons (Fsp3) is 0.447. The van der Waals surface area contributed by atoms with Crippen molar-refractivity contribution in [2.24, 2.45) is 0 Å². The molecule has 5 rings (SSSR count). The summed E-state index contributed by atoms with van der Waals surface area (Å²) in [6.07, 6.45) is 8.64. The van der Waals surface area contributed by atoms with Gasteiger partial charge in [0.15, 0.2) is 11.6 Å². The quantitative estimate of drug-likeness (QED) is 0.0710. The fourth-order valence-electron chi connectivity index (χ4n) is 5.88. The van der Waals surface area contributed by atoms with Crippen molar-refractivity contribution in [2.45, 2.75) is 57.0 Å². The Labute approximate surface area is 299 Å². The van der Waals surface area contributed by atoms with Gasteiger partial charge in [0.1, 0.15) is 12.4 Å². The molecule has 4 N–H and O–H groups in total. The Hall–Kier alpha value is -4.85. The molecule has 2 aromatic heterocycles. The van der Waals surface area contributed by atoms with Crippen LogP contribution in [0.5, 0.6) is 5.75 Å². The number of pyridine rings is 1. The zero-order valence-corrected chi connectivity index (χ0v) is 29.5. The Morgan fingerprint density at radius 3 is 2.49 bits per heavy atom. The Bertz CT molecular complexity index is 1660. The molecule has 51 heavy (non-hydrogen) atoms. The number of amides is 1. The van der Waals surface area contributed by atoms with Gasteiger partial charge in [0.2, 0.25) is 0 Å². The summed E-state index contributed by atoms with van der Waals surface area (Å²) in [5.41, 5.74) is 2.79. The van der Waals surface area contributed by atoms with E-state index in [1.54, 1.807) is 12.4 Å². The molecule has 0 spiro atoms. The summed E-state index contributed by atoms with van der Waals surface area (Å²) in [7, 11) is 1.34. The van der Waals surface area contributed by atoms with E-state index in [4.69, 9.17) is 19.2 Å². The number of nitrogens with zero attached hydrogens (tertiary/aromatic N) is 3. The average molecular weight is 700 g/mol. The number of aromatic nitrogens is 4. The number of hydrogen-bond donors (Lipinski definition) is 4. The number of aromatic amines is 1. The van der Waals surface area contributed by atoms with E-state index in [0.717, 1.165) is 80.0 Å². The highest BCUT2D eigenvalue weighted by Gasteiger charge is 2.37. The largest absolute Gasteiger partial charge is 0.494 e. The van der Waals surface area contributed by atoms with Crippen LogP contribution in [0.1, 0.15) is 73.2 Å². The Balaban J connectivity index is 1.07. The molecule has 0 saturated carbocycles. The Morgan fingerprint density at radius 2 is 1.67 bits per heavy atom. The first-order chi connectivity index (χ1) is 25.0. The van der Waals surface area contributed by atoms with Crippen molar-refractivity contribution in [3.05, 3.63) is 90.0 Å². The predicted octanol–water partition coefficient (Wildman–Crippen LogP) is 5.19. The van der Waals surface area contributed by atoms with E-state index in [1.807, 2.05) is 67.6 Å². The van der Waals surface area contributed by atoms with Crippen molar-refractivity contribution in [2.75, 3.05) is 58.6 Å². The zero-order valence-electron chi connectivity index (χ0n) is 29.5. The zero-order chi connectivity index (χ0) is 35.7. The third-order valence-corrected chi connectivity index (χ3v) is 8.78. The second-order valence-electron chi connectivity index (χ2n) is 12.6. The number of unbranched alkanes of at least 4 members (excludes halogenated alkanes) is 2. The van der Waals surface area contributed by atoms with Crippen molar-refractivity contribution < 1.29 is 28.5 Å². The number of carbonyl (C=O) groups excluding carboxylic acids is 2. The standard InChI is InChI=1S/C38H49N7O6/c1-28(30-9-7-12-33(26-30)51-24-5-3-4-21-49-22-8-23-50-27-34(46)48-2)41-36(47)31-10-6-11-32(25-31)43-38(15-19-40-20-16-38)37-42-35(44-45-37)29-13-17-39-18-14-29/h6-7,9-14,17-18,25-26,28,40,43H,3-5,8,15-16,19-24,27H2,1-2H3,(H,41,47)(H,42,44,45). The minimum absolute atomic E-state index is 0.0267. The minimum Gasteiger partial charge on any atom is -0.494 e. The number of benzene rings is 2. The maximum atomic E-state index is 13.4. The normalized spacial score (nSPS) is 14.4. The summed E-state index contributed by atoms with van der Waals surface area (Å²) in [5, 5.41) is 18.0. The first-order valence-corrected chi connectivity index (χ1v) is 17.6. The molecule has 272 valence electrons. The summed E-state index contributed by atoms with van der Waals surface area (Å²) in [5.74, 6) is 1.63. The number of rotatable bonds is 20. The van der Waals surface area contributed by atoms with Crippen molar-refractivity contribution in [1.29, 1.82) is 0 Å². The number of anilines is 1. The van der Waals surface area contributed by atoms with Gasteiger partial charge in [-0.05, 0) is 107 Å². The Kier molecular flexibility index (Phi) is 14.3. The first-order valence-electron chi connectivity index (χ1n) is 17.6. The number of piperidine rings is 1. The van der Waals surface area contributed by atoms with Crippen LogP contribution in [0.25, 0.3) is 11.4 Å². The van der Waals surface area contributed by atoms with Crippen LogP contribution in [0.4, 0.5) is 5.69 Å². The number of hydrogen-bond acceptors (Lipinski definition) is 11. The third-order valence-electron chi connectivity index (χ3n) is 8.78. The Morgan fingerprint density at radius 1 is 0.902 bits per heavy atom. The summed E-state index contributed by atoms with van der Waals surface area (Å²) < 4.78 is 21.4. The van der Waals surface area contributed by atoms with Crippen molar-refractivity contribution in [3.63, 3.8) is 0 Å². The van der Waals surface area contributed by atoms with Crippen molar-refractivity contribution in [3.8, 4) is 17.1 Å². The SMILES string of the molecule is COC(=O)COCCCOCCCCCOc1cccc(C(C)NC(=O)c2cccc(NC3(c4nc(-c5ccncc5)n[nH]4)CCNCC3)c2)c1. The van der Waals surface area contributed by atoms with E-state index >= 15 is 0 Å². The lowest BCUT2D eigenvalue weighted by molar-refractivity contribution is -0.146. The molecule has 1 amide bonds. The molecule has 1 atom stereocenters. The maximum Gasteiger partial charge on any atom is 0.331 e. The second-order valence-corrected chi connectivity index (χ2v) is 12.6. The average Bonchev–Trinajstić information content (AvgIpc) is 3.68. The number of H-pyrrole nitrogens is 1. The molecule has 0 bridgehead atoms. The fourth-order valence-corrected chi connectivity index (χ4v) is 5.88. The van der Waals surface area contributed by atoms with E-state index in [1.165, 1.54) is 7.11 Å². The number of nitrogens with one attached hydrogen (secondary N) is 4. The van der Waals surface area contributed by atoms with Gasteiger partial charge in [-0.25, -0.2) is 9.78 Å². The van der Waals surface area contributed by atoms with Crippen LogP contribution in [0.3, 0.4) is 0 Å². The highest BCUT2D eigenvalue weighted by molar-refractivity contribution is 5.95. The highest BCUT2D eigenvalue weighted by Crippen LogP contribution is 2.34. The molecule has 1 saturated heterocycles. The van der Waals surface area contributed by atoms with Gasteiger partial charge >= 0.3 is 5.97 Å².